The van der Waals surface area contributed by atoms with Crippen LogP contribution in [0.5, 0.6) is 0 Å². The minimum atomic E-state index is -0.222. The summed E-state index contributed by atoms with van der Waals surface area (Å²) in [5.41, 5.74) is 10.3. The van der Waals surface area contributed by atoms with Crippen molar-refractivity contribution in [2.24, 2.45) is 11.5 Å². The van der Waals surface area contributed by atoms with E-state index in [9.17, 15) is 4.39 Å². The van der Waals surface area contributed by atoms with Crippen LogP contribution in [0.1, 0.15) is 5.56 Å². The molecule has 0 bridgehead atoms. The summed E-state index contributed by atoms with van der Waals surface area (Å²) < 4.78 is 12.5. The summed E-state index contributed by atoms with van der Waals surface area (Å²) in [6.45, 7) is 0.271. The number of nitrogens with two attached hydrogens (primary N) is 2. The van der Waals surface area contributed by atoms with Crippen LogP contribution >= 0.6 is 0 Å². The molecule has 2 nitrogen and oxygen atoms in total. The maximum absolute atomic E-state index is 12.5. The molecule has 1 aromatic carbocycles. The lowest BCUT2D eigenvalue weighted by Gasteiger charge is -1.94. The predicted molar refractivity (Wildman–Crippen MR) is 44.4 cm³/mol. The minimum Gasteiger partial charge on any atom is -0.333 e. The first-order valence-electron chi connectivity index (χ1n) is 3.36. The van der Waals surface area contributed by atoms with E-state index in [4.69, 9.17) is 5.73 Å². The lowest BCUT2D eigenvalue weighted by Crippen LogP contribution is -1.98. The van der Waals surface area contributed by atoms with Gasteiger partial charge in [0.25, 0.3) is 0 Å². The number of hydrogen-bond donors (Lipinski definition) is 2. The lowest BCUT2D eigenvalue weighted by molar-refractivity contribution is 0.610. The Labute approximate surface area is 66.0 Å². The van der Waals surface area contributed by atoms with Crippen LogP contribution in [0.2, 0.25) is 0 Å². The number of halogens is 1. The zero-order valence-corrected chi connectivity index (χ0v) is 6.55. The fourth-order valence-electron chi connectivity index (χ4n) is 0.664. The third-order valence-electron chi connectivity index (χ3n) is 1.18. The Bertz CT molecular complexity index is 201. The van der Waals surface area contributed by atoms with E-state index < -0.39 is 0 Å². The van der Waals surface area contributed by atoms with Gasteiger partial charge in [-0.15, -0.1) is 0 Å². The first-order valence-corrected chi connectivity index (χ1v) is 3.36. The zero-order chi connectivity index (χ0) is 8.69. The molecular formula is C8H13FN2. The average Bonchev–Trinajstić information content (AvgIpc) is 2.09. The van der Waals surface area contributed by atoms with Crippen molar-refractivity contribution in [1.29, 1.82) is 0 Å². The van der Waals surface area contributed by atoms with Crippen LogP contribution in [-0.2, 0) is 6.54 Å². The first kappa shape index (κ1) is 10.1. The van der Waals surface area contributed by atoms with E-state index in [0.717, 1.165) is 0 Å². The summed E-state index contributed by atoms with van der Waals surface area (Å²) in [7, 11) is 1.50. The van der Waals surface area contributed by atoms with Crippen molar-refractivity contribution >= 4 is 0 Å². The summed E-state index contributed by atoms with van der Waals surface area (Å²) in [6, 6.07) is 6.50. The summed E-state index contributed by atoms with van der Waals surface area (Å²) in [6.07, 6.45) is 0. The van der Waals surface area contributed by atoms with Gasteiger partial charge in [0.15, 0.2) is 0 Å². The highest BCUT2D eigenvalue weighted by molar-refractivity contribution is 5.16. The Balaban J connectivity index is 0.000000461. The van der Waals surface area contributed by atoms with E-state index in [-0.39, 0.29) is 12.4 Å². The van der Waals surface area contributed by atoms with Gasteiger partial charge in [-0.25, -0.2) is 4.39 Å². The highest BCUT2D eigenvalue weighted by atomic mass is 19.1. The third kappa shape index (κ3) is 3.11. The van der Waals surface area contributed by atoms with Crippen molar-refractivity contribution in [1.82, 2.24) is 0 Å². The van der Waals surface area contributed by atoms with Gasteiger partial charge < -0.3 is 11.5 Å². The molecule has 4 N–H and O–H groups in total. The molecule has 0 aliphatic carbocycles. The van der Waals surface area contributed by atoms with E-state index in [2.05, 4.69) is 5.73 Å². The molecular weight excluding hydrogens is 143 g/mol. The molecule has 1 aromatic rings. The highest BCUT2D eigenvalue weighted by Gasteiger charge is 1.94. The molecule has 62 valence electrons. The molecule has 11 heavy (non-hydrogen) atoms. The molecule has 0 radical (unpaired) electrons. The van der Waals surface area contributed by atoms with Crippen LogP contribution in [0, 0.1) is 5.82 Å². The molecule has 0 saturated carbocycles. The summed E-state index contributed by atoms with van der Waals surface area (Å²) >= 11 is 0. The fourth-order valence-corrected chi connectivity index (χ4v) is 0.664. The van der Waals surface area contributed by atoms with Crippen LogP contribution in [0.3, 0.4) is 0 Å². The molecule has 3 heteroatoms. The molecule has 0 unspecified atom stereocenters. The Morgan fingerprint density at radius 2 is 1.82 bits per heavy atom. The van der Waals surface area contributed by atoms with Gasteiger partial charge in [0.05, 0.1) is 0 Å². The van der Waals surface area contributed by atoms with Gasteiger partial charge in [-0.05, 0) is 13.1 Å². The van der Waals surface area contributed by atoms with Crippen molar-refractivity contribution in [3.8, 4) is 0 Å². The van der Waals surface area contributed by atoms with Crippen molar-refractivity contribution in [2.45, 2.75) is 6.54 Å². The number of hydrogen-bond acceptors (Lipinski definition) is 2. The summed E-state index contributed by atoms with van der Waals surface area (Å²) in [5.74, 6) is -0.222. The van der Waals surface area contributed by atoms with Gasteiger partial charge in [-0.1, -0.05) is 18.2 Å². The second-order valence-corrected chi connectivity index (χ2v) is 1.80. The average molecular weight is 156 g/mol. The molecule has 0 aliphatic heterocycles. The molecule has 0 spiro atoms. The van der Waals surface area contributed by atoms with Gasteiger partial charge >= 0.3 is 0 Å². The molecule has 0 aliphatic rings. The fraction of sp³-hybridized carbons (Fsp3) is 0.250. The zero-order valence-electron chi connectivity index (χ0n) is 6.55. The van der Waals surface area contributed by atoms with Crippen LogP contribution in [0.15, 0.2) is 24.3 Å². The first-order chi connectivity index (χ1) is 5.34. The second-order valence-electron chi connectivity index (χ2n) is 1.80. The van der Waals surface area contributed by atoms with Gasteiger partial charge in [-0.2, -0.15) is 0 Å². The minimum absolute atomic E-state index is 0.222. The highest BCUT2D eigenvalue weighted by Crippen LogP contribution is 2.03. The topological polar surface area (TPSA) is 52.0 Å². The van der Waals surface area contributed by atoms with Crippen molar-refractivity contribution < 1.29 is 4.39 Å². The smallest absolute Gasteiger partial charge is 0.127 e. The summed E-state index contributed by atoms with van der Waals surface area (Å²) in [4.78, 5) is 0. The SMILES string of the molecule is CN.NCc1ccccc1F. The maximum atomic E-state index is 12.5. The summed E-state index contributed by atoms with van der Waals surface area (Å²) in [5, 5.41) is 0. The van der Waals surface area contributed by atoms with Crippen LogP contribution < -0.4 is 11.5 Å². The molecule has 0 fully saturated rings. The number of benzene rings is 1. The van der Waals surface area contributed by atoms with Crippen LogP contribution in [0.25, 0.3) is 0 Å². The normalized spacial score (nSPS) is 8.36. The van der Waals surface area contributed by atoms with Gasteiger partial charge in [0, 0.05) is 12.1 Å². The quantitative estimate of drug-likeness (QED) is 0.633. The molecule has 0 amide bonds. The molecule has 0 atom stereocenters. The Hall–Kier alpha value is -0.930. The van der Waals surface area contributed by atoms with Crippen molar-refractivity contribution in [2.75, 3.05) is 7.05 Å². The number of rotatable bonds is 1. The van der Waals surface area contributed by atoms with E-state index in [1.807, 2.05) is 0 Å². The maximum Gasteiger partial charge on any atom is 0.127 e. The largest absolute Gasteiger partial charge is 0.333 e. The standard InChI is InChI=1S/C7H8FN.CH5N/c8-7-4-2-1-3-6(7)5-9;1-2/h1-4H,5,9H2;2H2,1H3. The van der Waals surface area contributed by atoms with Crippen molar-refractivity contribution in [3.63, 3.8) is 0 Å². The molecule has 1 rings (SSSR count). The van der Waals surface area contributed by atoms with Crippen LogP contribution in [0.4, 0.5) is 4.39 Å². The van der Waals surface area contributed by atoms with Gasteiger partial charge in [0.2, 0.25) is 0 Å². The van der Waals surface area contributed by atoms with E-state index in [1.165, 1.54) is 13.1 Å². The van der Waals surface area contributed by atoms with E-state index in [0.29, 0.717) is 5.56 Å². The van der Waals surface area contributed by atoms with Gasteiger partial charge in [-0.3, -0.25) is 0 Å². The second kappa shape index (κ2) is 5.82. The molecule has 0 saturated heterocycles. The Morgan fingerprint density at radius 3 is 2.18 bits per heavy atom. The van der Waals surface area contributed by atoms with E-state index >= 15 is 0 Å². The third-order valence-corrected chi connectivity index (χ3v) is 1.18. The van der Waals surface area contributed by atoms with Gasteiger partial charge in [0.1, 0.15) is 5.82 Å². The molecule has 0 heterocycles. The lowest BCUT2D eigenvalue weighted by atomic mass is 10.2. The Morgan fingerprint density at radius 1 is 1.27 bits per heavy atom. The van der Waals surface area contributed by atoms with Crippen molar-refractivity contribution in [3.05, 3.63) is 35.6 Å². The van der Waals surface area contributed by atoms with E-state index in [1.54, 1.807) is 18.2 Å². The molecule has 0 aromatic heterocycles. The monoisotopic (exact) mass is 156 g/mol. The predicted octanol–water partition coefficient (Wildman–Crippen LogP) is 0.859. The Kier molecular flexibility index (Phi) is 5.33. The van der Waals surface area contributed by atoms with Crippen LogP contribution in [-0.4, -0.2) is 7.05 Å².